The highest BCUT2D eigenvalue weighted by Gasteiger charge is 2.32. The van der Waals surface area contributed by atoms with Gasteiger partial charge in [-0.1, -0.05) is 24.3 Å². The number of nitrogens with one attached hydrogen (secondary N) is 1. The number of aliphatic hydroxyl groups is 1. The number of aliphatic hydroxyl groups excluding tert-OH is 1. The minimum absolute atomic E-state index is 0.201. The lowest BCUT2D eigenvalue weighted by Gasteiger charge is -2.21. The van der Waals surface area contributed by atoms with Crippen LogP contribution in [0, 0.1) is 33.1 Å². The Hall–Kier alpha value is -2.92. The maximum Gasteiger partial charge on any atom is 0.139 e. The van der Waals surface area contributed by atoms with Crippen LogP contribution in [-0.2, 0) is 0 Å². The summed E-state index contributed by atoms with van der Waals surface area (Å²) in [4.78, 5) is 6.59. The van der Waals surface area contributed by atoms with Crippen molar-refractivity contribution in [1.82, 2.24) is 4.98 Å². The van der Waals surface area contributed by atoms with Crippen LogP contribution in [-0.4, -0.2) is 22.5 Å². The van der Waals surface area contributed by atoms with E-state index in [9.17, 15) is 5.11 Å². The van der Waals surface area contributed by atoms with Crippen LogP contribution < -0.4 is 4.90 Å². The van der Waals surface area contributed by atoms with Crippen molar-refractivity contribution in [3.8, 4) is 11.3 Å². The summed E-state index contributed by atoms with van der Waals surface area (Å²) in [7, 11) is 0. The Morgan fingerprint density at radius 3 is 2.50 bits per heavy atom. The third-order valence-corrected chi connectivity index (χ3v) is 6.14. The minimum Gasteiger partial charge on any atom is -0.510 e. The molecule has 1 aromatic heterocycles. The number of anilines is 1. The number of rotatable bonds is 3. The Balaban J connectivity index is 1.67. The van der Waals surface area contributed by atoms with Crippen molar-refractivity contribution in [2.45, 2.75) is 27.7 Å². The smallest absolute Gasteiger partial charge is 0.139 e. The maximum absolute atomic E-state index is 10.6. The van der Waals surface area contributed by atoms with Crippen molar-refractivity contribution in [3.63, 3.8) is 0 Å². The highest BCUT2D eigenvalue weighted by Crippen LogP contribution is 2.35. The van der Waals surface area contributed by atoms with Crippen molar-refractivity contribution in [2.24, 2.45) is 0 Å². The van der Waals surface area contributed by atoms with Crippen LogP contribution in [0.25, 0.3) is 16.8 Å². The number of aromatic nitrogens is 1. The molecule has 0 radical (unpaired) electrons. The normalized spacial score (nSPS) is 14.3. The summed E-state index contributed by atoms with van der Waals surface area (Å²) in [6.45, 7) is 8.55. The molecule has 0 saturated carbocycles. The number of aryl methyl sites for hydroxylation is 4. The van der Waals surface area contributed by atoms with Gasteiger partial charge in [-0.2, -0.15) is 0 Å². The van der Waals surface area contributed by atoms with E-state index in [0.29, 0.717) is 23.0 Å². The summed E-state index contributed by atoms with van der Waals surface area (Å²) in [5, 5.41) is 22.0. The molecule has 0 spiro atoms. The monoisotopic (exact) mass is 389 g/mol. The molecule has 0 fully saturated rings. The number of benzene rings is 2. The molecule has 4 nitrogen and oxygen atoms in total. The van der Waals surface area contributed by atoms with E-state index in [1.54, 1.807) is 0 Å². The lowest BCUT2D eigenvalue weighted by Crippen LogP contribution is -2.26. The van der Waals surface area contributed by atoms with Gasteiger partial charge in [-0.25, -0.2) is 4.98 Å². The zero-order chi connectivity index (χ0) is 20.0. The van der Waals surface area contributed by atoms with Gasteiger partial charge in [0.25, 0.3) is 0 Å². The quantitative estimate of drug-likeness (QED) is 0.594. The molecule has 4 rings (SSSR count). The first-order chi connectivity index (χ1) is 13.3. The fourth-order valence-corrected chi connectivity index (χ4v) is 4.34. The number of hydrogen-bond donors (Lipinski definition) is 2. The summed E-state index contributed by atoms with van der Waals surface area (Å²) < 4.78 is 0. The number of hydrogen-bond acceptors (Lipinski definition) is 4. The second-order valence-corrected chi connectivity index (χ2v) is 8.24. The van der Waals surface area contributed by atoms with Crippen LogP contribution in [0.3, 0.4) is 0 Å². The van der Waals surface area contributed by atoms with Crippen LogP contribution in [0.1, 0.15) is 27.3 Å². The van der Waals surface area contributed by atoms with Crippen LogP contribution in [0.5, 0.6) is 0 Å². The summed E-state index contributed by atoms with van der Waals surface area (Å²) in [6, 6.07) is 12.5. The Kier molecular flexibility index (Phi) is 4.55. The summed E-state index contributed by atoms with van der Waals surface area (Å²) >= 11 is 1.47. The molecule has 0 bridgehead atoms. The average Bonchev–Trinajstić information content (AvgIpc) is 3.24. The predicted molar refractivity (Wildman–Crippen MR) is 118 cm³/mol. The molecule has 142 valence electrons. The molecular weight excluding hydrogens is 366 g/mol. The van der Waals surface area contributed by atoms with E-state index in [1.807, 2.05) is 30.2 Å². The first-order valence-corrected chi connectivity index (χ1v) is 10.1. The summed E-state index contributed by atoms with van der Waals surface area (Å²) in [6.07, 6.45) is 0. The van der Waals surface area contributed by atoms with Crippen LogP contribution in [0.2, 0.25) is 0 Å². The average molecular weight is 390 g/mol. The first kappa shape index (κ1) is 18.4. The van der Waals surface area contributed by atoms with Crippen LogP contribution in [0.15, 0.2) is 47.5 Å². The standard InChI is InChI=1S/C23H23N3OS/c1-13-5-6-15(3)19(9-13)26-11-20(27)21(22(26)24)23-25-18(12-28-23)17-8-7-14(2)16(4)10-17/h5-10,12,24,27H,11H2,1-4H3. The third-order valence-electron chi connectivity index (χ3n) is 5.28. The number of amidine groups is 1. The Labute approximate surface area is 169 Å². The van der Waals surface area contributed by atoms with E-state index in [1.165, 1.54) is 22.5 Å². The van der Waals surface area contributed by atoms with Crippen molar-refractivity contribution in [3.05, 3.63) is 74.8 Å². The summed E-state index contributed by atoms with van der Waals surface area (Å²) in [5.74, 6) is 0.499. The molecule has 5 heteroatoms. The Morgan fingerprint density at radius 1 is 1.00 bits per heavy atom. The van der Waals surface area contributed by atoms with Gasteiger partial charge in [0.15, 0.2) is 0 Å². The molecule has 0 saturated heterocycles. The fourth-order valence-electron chi connectivity index (χ4n) is 3.44. The van der Waals surface area contributed by atoms with Gasteiger partial charge in [0.1, 0.15) is 16.6 Å². The highest BCUT2D eigenvalue weighted by molar-refractivity contribution is 7.11. The van der Waals surface area contributed by atoms with Gasteiger partial charge in [-0.15, -0.1) is 11.3 Å². The predicted octanol–water partition coefficient (Wildman–Crippen LogP) is 5.81. The van der Waals surface area contributed by atoms with Gasteiger partial charge in [-0.05, 0) is 62.1 Å². The second kappa shape index (κ2) is 6.91. The van der Waals surface area contributed by atoms with Crippen molar-refractivity contribution < 1.29 is 5.11 Å². The number of thiazole rings is 1. The van der Waals surface area contributed by atoms with Gasteiger partial charge < -0.3 is 10.0 Å². The van der Waals surface area contributed by atoms with Crippen molar-refractivity contribution >= 4 is 28.4 Å². The number of nitrogens with zero attached hydrogens (tertiary/aromatic N) is 2. The van der Waals surface area contributed by atoms with E-state index in [4.69, 9.17) is 10.4 Å². The van der Waals surface area contributed by atoms with Crippen molar-refractivity contribution in [2.75, 3.05) is 11.4 Å². The molecule has 1 aliphatic heterocycles. The SMILES string of the molecule is Cc1ccc(C)c(N2CC(O)=C(c3nc(-c4ccc(C)c(C)c4)cs3)C2=N)c1. The van der Waals surface area contributed by atoms with Gasteiger partial charge >= 0.3 is 0 Å². The first-order valence-electron chi connectivity index (χ1n) is 9.24. The van der Waals surface area contributed by atoms with Crippen LogP contribution in [0.4, 0.5) is 5.69 Å². The maximum atomic E-state index is 10.6. The van der Waals surface area contributed by atoms with Crippen LogP contribution >= 0.6 is 11.3 Å². The van der Waals surface area contributed by atoms with E-state index in [2.05, 4.69) is 44.2 Å². The minimum atomic E-state index is 0.201. The van der Waals surface area contributed by atoms with Gasteiger partial charge in [0.2, 0.25) is 0 Å². The van der Waals surface area contributed by atoms with Crippen molar-refractivity contribution in [1.29, 1.82) is 5.41 Å². The molecule has 0 amide bonds. The van der Waals surface area contributed by atoms with Gasteiger partial charge in [0, 0.05) is 16.6 Å². The van der Waals surface area contributed by atoms with Gasteiger partial charge in [-0.3, -0.25) is 5.41 Å². The zero-order valence-corrected chi connectivity index (χ0v) is 17.3. The topological polar surface area (TPSA) is 60.2 Å². The molecule has 2 heterocycles. The molecule has 3 aromatic rings. The second-order valence-electron chi connectivity index (χ2n) is 7.38. The molecule has 28 heavy (non-hydrogen) atoms. The molecule has 0 unspecified atom stereocenters. The lowest BCUT2D eigenvalue weighted by atomic mass is 10.1. The molecule has 0 atom stereocenters. The zero-order valence-electron chi connectivity index (χ0n) is 16.5. The van der Waals surface area contributed by atoms with E-state index >= 15 is 0 Å². The molecular formula is C23H23N3OS. The molecule has 0 aliphatic carbocycles. The third kappa shape index (κ3) is 3.12. The van der Waals surface area contributed by atoms with E-state index in [0.717, 1.165) is 28.1 Å². The largest absolute Gasteiger partial charge is 0.510 e. The molecule has 2 aromatic carbocycles. The Morgan fingerprint density at radius 2 is 1.75 bits per heavy atom. The van der Waals surface area contributed by atoms with Gasteiger partial charge in [0.05, 0.1) is 17.8 Å². The summed E-state index contributed by atoms with van der Waals surface area (Å²) in [5.41, 5.74) is 8.11. The fraction of sp³-hybridized carbons (Fsp3) is 0.217. The van der Waals surface area contributed by atoms with E-state index < -0.39 is 0 Å². The molecule has 1 aliphatic rings. The lowest BCUT2D eigenvalue weighted by molar-refractivity contribution is 0.411. The Bertz CT molecular complexity index is 1130. The highest BCUT2D eigenvalue weighted by atomic mass is 32.1. The molecule has 2 N–H and O–H groups in total. The van der Waals surface area contributed by atoms with E-state index in [-0.39, 0.29) is 5.76 Å².